The van der Waals surface area contributed by atoms with Crippen LogP contribution in [0.5, 0.6) is 0 Å². The third-order valence-electron chi connectivity index (χ3n) is 2.70. The van der Waals surface area contributed by atoms with Gasteiger partial charge in [0.15, 0.2) is 0 Å². The topological polar surface area (TPSA) is 40.1 Å². The van der Waals surface area contributed by atoms with Gasteiger partial charge in [-0.1, -0.05) is 52.4 Å². The van der Waals surface area contributed by atoms with E-state index in [0.29, 0.717) is 12.3 Å². The first-order valence-corrected chi connectivity index (χ1v) is 8.41. The molecule has 0 bridgehead atoms. The van der Waals surface area contributed by atoms with Crippen LogP contribution in [0, 0.1) is 0 Å². The average Bonchev–Trinajstić information content (AvgIpc) is 2.20. The Kier molecular flexibility index (Phi) is 15.4. The molecule has 0 aromatic heterocycles. The molecule has 16 heavy (non-hydrogen) atoms. The van der Waals surface area contributed by atoms with Crippen molar-refractivity contribution in [2.75, 3.05) is 12.3 Å². The largest absolute Gasteiger partial charge is 1.00 e. The number of hydrogen-bond acceptors (Lipinski definition) is 2. The van der Waals surface area contributed by atoms with Gasteiger partial charge in [0.05, 0.1) is 0 Å². The predicted octanol–water partition coefficient (Wildman–Crippen LogP) is 0.789. The van der Waals surface area contributed by atoms with E-state index in [1.54, 1.807) is 0 Å². The fourth-order valence-electron chi connectivity index (χ4n) is 1.67. The molecule has 0 saturated carbocycles. The van der Waals surface area contributed by atoms with Gasteiger partial charge in [0.1, 0.15) is 0 Å². The molecule has 0 aliphatic rings. The van der Waals surface area contributed by atoms with Gasteiger partial charge in [-0.3, -0.25) is 0 Å². The van der Waals surface area contributed by atoms with Crippen LogP contribution in [0.25, 0.3) is 0 Å². The van der Waals surface area contributed by atoms with Crippen LogP contribution in [0.15, 0.2) is 0 Å². The second-order valence-corrected chi connectivity index (χ2v) is 6.91. The van der Waals surface area contributed by atoms with E-state index in [9.17, 15) is 9.46 Å². The minimum atomic E-state index is -3.02. The molecule has 0 amide bonds. The SMILES string of the molecule is CCCCCCP(=O)([O-])CCCCCC.[Na+]. The number of hydrogen-bond donors (Lipinski definition) is 0. The Balaban J connectivity index is 0. The van der Waals surface area contributed by atoms with Gasteiger partial charge in [-0.15, -0.1) is 0 Å². The summed E-state index contributed by atoms with van der Waals surface area (Å²) in [6.07, 6.45) is 9.38. The summed E-state index contributed by atoms with van der Waals surface area (Å²) in [4.78, 5) is 11.6. The van der Waals surface area contributed by atoms with Gasteiger partial charge < -0.3 is 9.46 Å². The van der Waals surface area contributed by atoms with Crippen LogP contribution in [0.1, 0.15) is 65.2 Å². The number of unbranched alkanes of at least 4 members (excludes halogenated alkanes) is 6. The molecule has 0 heterocycles. The molecular weight excluding hydrogens is 230 g/mol. The quantitative estimate of drug-likeness (QED) is 0.329. The van der Waals surface area contributed by atoms with Crippen LogP contribution in [-0.4, -0.2) is 12.3 Å². The zero-order valence-corrected chi connectivity index (χ0v) is 14.2. The van der Waals surface area contributed by atoms with E-state index in [1.165, 1.54) is 12.8 Å². The molecule has 92 valence electrons. The van der Waals surface area contributed by atoms with Crippen LogP contribution < -0.4 is 34.5 Å². The van der Waals surface area contributed by atoms with Gasteiger partial charge >= 0.3 is 29.6 Å². The normalized spacial score (nSPS) is 11.2. The molecular formula is C12H26NaO2P. The summed E-state index contributed by atoms with van der Waals surface area (Å²) >= 11 is 0. The summed E-state index contributed by atoms with van der Waals surface area (Å²) in [5, 5.41) is 0. The van der Waals surface area contributed by atoms with Crippen molar-refractivity contribution in [3.05, 3.63) is 0 Å². The van der Waals surface area contributed by atoms with Gasteiger partial charge in [-0.05, 0) is 25.2 Å². The Morgan fingerprint density at radius 1 is 0.812 bits per heavy atom. The van der Waals surface area contributed by atoms with Gasteiger partial charge in [0.2, 0.25) is 0 Å². The Hall–Kier alpha value is 1.19. The van der Waals surface area contributed by atoms with E-state index < -0.39 is 7.37 Å². The van der Waals surface area contributed by atoms with Gasteiger partial charge in [-0.25, -0.2) is 0 Å². The van der Waals surface area contributed by atoms with Crippen LogP contribution >= 0.6 is 7.37 Å². The van der Waals surface area contributed by atoms with Crippen molar-refractivity contribution in [2.45, 2.75) is 65.2 Å². The average molecular weight is 256 g/mol. The molecule has 2 nitrogen and oxygen atoms in total. The van der Waals surface area contributed by atoms with E-state index in [2.05, 4.69) is 13.8 Å². The maximum absolute atomic E-state index is 11.6. The molecule has 0 fully saturated rings. The van der Waals surface area contributed by atoms with Gasteiger partial charge in [0.25, 0.3) is 0 Å². The van der Waals surface area contributed by atoms with E-state index in [1.807, 2.05) is 0 Å². The fourth-order valence-corrected chi connectivity index (χ4v) is 3.31. The Bertz CT molecular complexity index is 170. The molecule has 0 spiro atoms. The number of rotatable bonds is 10. The van der Waals surface area contributed by atoms with Crippen molar-refractivity contribution in [3.63, 3.8) is 0 Å². The van der Waals surface area contributed by atoms with Crippen LogP contribution in [0.4, 0.5) is 0 Å². The second kappa shape index (κ2) is 12.6. The van der Waals surface area contributed by atoms with Crippen LogP contribution in [-0.2, 0) is 4.57 Å². The molecule has 0 rings (SSSR count). The maximum Gasteiger partial charge on any atom is 1.00 e. The summed E-state index contributed by atoms with van der Waals surface area (Å²) < 4.78 is 11.6. The van der Waals surface area contributed by atoms with Crippen molar-refractivity contribution in [1.29, 1.82) is 0 Å². The molecule has 0 atom stereocenters. The molecule has 0 unspecified atom stereocenters. The van der Waals surface area contributed by atoms with Crippen LogP contribution in [0.3, 0.4) is 0 Å². The third-order valence-corrected chi connectivity index (χ3v) is 4.70. The Labute approximate surface area is 123 Å². The minimum Gasteiger partial charge on any atom is -0.799 e. The molecule has 0 aliphatic carbocycles. The molecule has 4 heteroatoms. The van der Waals surface area contributed by atoms with E-state index in [0.717, 1.165) is 38.5 Å². The third kappa shape index (κ3) is 13.3. The van der Waals surface area contributed by atoms with Gasteiger partial charge in [0, 0.05) is 7.37 Å². The zero-order chi connectivity index (χ0) is 11.6. The van der Waals surface area contributed by atoms with E-state index in [4.69, 9.17) is 0 Å². The molecule has 0 saturated heterocycles. The van der Waals surface area contributed by atoms with E-state index >= 15 is 0 Å². The molecule has 0 N–H and O–H groups in total. The summed E-state index contributed by atoms with van der Waals surface area (Å²) in [7, 11) is -3.02. The van der Waals surface area contributed by atoms with Crippen molar-refractivity contribution in [1.82, 2.24) is 0 Å². The first kappa shape index (κ1) is 19.5. The van der Waals surface area contributed by atoms with Crippen molar-refractivity contribution in [3.8, 4) is 0 Å². The Morgan fingerprint density at radius 3 is 1.50 bits per heavy atom. The summed E-state index contributed by atoms with van der Waals surface area (Å²) in [6, 6.07) is 0. The minimum absolute atomic E-state index is 0. The van der Waals surface area contributed by atoms with Gasteiger partial charge in [-0.2, -0.15) is 0 Å². The molecule has 0 radical (unpaired) electrons. The first-order chi connectivity index (χ1) is 7.12. The summed E-state index contributed by atoms with van der Waals surface area (Å²) in [5.41, 5.74) is 0. The maximum atomic E-state index is 11.6. The molecule has 0 aliphatic heterocycles. The van der Waals surface area contributed by atoms with E-state index in [-0.39, 0.29) is 29.6 Å². The Morgan fingerprint density at radius 2 is 1.19 bits per heavy atom. The van der Waals surface area contributed by atoms with Crippen LogP contribution in [0.2, 0.25) is 0 Å². The zero-order valence-electron chi connectivity index (χ0n) is 11.3. The monoisotopic (exact) mass is 256 g/mol. The standard InChI is InChI=1S/C12H27O2P.Na/c1-3-5-7-9-11-15(13,14)12-10-8-6-4-2;/h3-12H2,1-2H3,(H,13,14);/q;+1/p-1. The fraction of sp³-hybridized carbons (Fsp3) is 1.00. The predicted molar refractivity (Wildman–Crippen MR) is 65.6 cm³/mol. The smallest absolute Gasteiger partial charge is 0.799 e. The summed E-state index contributed by atoms with van der Waals surface area (Å²) in [5.74, 6) is 0. The second-order valence-electron chi connectivity index (χ2n) is 4.38. The summed E-state index contributed by atoms with van der Waals surface area (Å²) in [6.45, 7) is 4.28. The molecule has 0 aromatic rings. The first-order valence-electron chi connectivity index (χ1n) is 6.41. The van der Waals surface area contributed by atoms with Crippen molar-refractivity contribution < 1.29 is 39.0 Å². The van der Waals surface area contributed by atoms with Crippen molar-refractivity contribution >= 4 is 7.37 Å². The molecule has 0 aromatic carbocycles. The van der Waals surface area contributed by atoms with Crippen molar-refractivity contribution in [2.24, 2.45) is 0 Å².